The van der Waals surface area contributed by atoms with E-state index < -0.39 is 0 Å². The monoisotopic (exact) mass is 390 g/mol. The predicted octanol–water partition coefficient (Wildman–Crippen LogP) is 3.72. The van der Waals surface area contributed by atoms with Crippen molar-refractivity contribution in [3.63, 3.8) is 0 Å². The van der Waals surface area contributed by atoms with E-state index >= 15 is 0 Å². The van der Waals surface area contributed by atoms with Crippen molar-refractivity contribution in [2.45, 2.75) is 32.6 Å². The second-order valence-electron chi connectivity index (χ2n) is 6.51. The van der Waals surface area contributed by atoms with Crippen LogP contribution >= 0.6 is 11.3 Å². The molecular formula is C20H26N2O4S. The van der Waals surface area contributed by atoms with Crippen LogP contribution in [0.5, 0.6) is 11.5 Å². The molecule has 0 amide bonds. The maximum atomic E-state index is 11.9. The van der Waals surface area contributed by atoms with Crippen molar-refractivity contribution in [2.24, 2.45) is 5.92 Å². The summed E-state index contributed by atoms with van der Waals surface area (Å²) in [6.45, 7) is 4.79. The summed E-state index contributed by atoms with van der Waals surface area (Å²) in [6, 6.07) is 7.77. The summed E-state index contributed by atoms with van der Waals surface area (Å²) in [6.07, 6.45) is 3.22. The summed E-state index contributed by atoms with van der Waals surface area (Å²) in [5, 5.41) is 3.65. The van der Waals surface area contributed by atoms with Gasteiger partial charge in [0.05, 0.1) is 30.8 Å². The van der Waals surface area contributed by atoms with Gasteiger partial charge >= 0.3 is 5.97 Å². The summed E-state index contributed by atoms with van der Waals surface area (Å²) in [7, 11) is 0. The van der Waals surface area contributed by atoms with Gasteiger partial charge in [-0.3, -0.25) is 0 Å². The van der Waals surface area contributed by atoms with Crippen LogP contribution in [0.1, 0.15) is 31.9 Å². The van der Waals surface area contributed by atoms with Gasteiger partial charge in [-0.15, -0.1) is 16.4 Å². The molecule has 3 rings (SSSR count). The van der Waals surface area contributed by atoms with Gasteiger partial charge in [0, 0.05) is 18.5 Å². The minimum Gasteiger partial charge on any atom is -0.490 e. The Morgan fingerprint density at radius 1 is 1.22 bits per heavy atom. The minimum absolute atomic E-state index is 0.233. The Morgan fingerprint density at radius 3 is 2.63 bits per heavy atom. The molecule has 2 heterocycles. The number of aromatic nitrogens is 1. The van der Waals surface area contributed by atoms with Gasteiger partial charge < -0.3 is 14.3 Å². The third-order valence-corrected chi connectivity index (χ3v) is 5.18. The molecule has 1 aromatic carbocycles. The average molecular weight is 391 g/mol. The number of piperidine rings is 1. The van der Waals surface area contributed by atoms with Gasteiger partial charge in [0.15, 0.2) is 11.5 Å². The van der Waals surface area contributed by atoms with Gasteiger partial charge in [-0.05, 0) is 44.2 Å². The zero-order valence-electron chi connectivity index (χ0n) is 15.6. The highest BCUT2D eigenvalue weighted by atomic mass is 32.1. The molecule has 0 aliphatic carbocycles. The van der Waals surface area contributed by atoms with E-state index in [0.29, 0.717) is 19.1 Å². The van der Waals surface area contributed by atoms with Crippen molar-refractivity contribution >= 4 is 17.3 Å². The van der Waals surface area contributed by atoms with Gasteiger partial charge in [0.25, 0.3) is 0 Å². The average Bonchev–Trinajstić information content (AvgIpc) is 3.17. The molecule has 1 aliphatic rings. The molecule has 0 atom stereocenters. The fourth-order valence-corrected chi connectivity index (χ4v) is 3.68. The number of carbonyl (C=O) groups is 1. The number of carbonyl (C=O) groups excluding carboxylic acids is 1. The number of hydrogen-bond acceptors (Lipinski definition) is 7. The van der Waals surface area contributed by atoms with Crippen molar-refractivity contribution < 1.29 is 19.1 Å². The van der Waals surface area contributed by atoms with Crippen LogP contribution in [0.25, 0.3) is 0 Å². The Bertz CT molecular complexity index is 700. The number of hydrogen-bond donors (Lipinski definition) is 0. The standard InChI is InChI=1S/C20H26N2O4S/c1-2-24-18-5-3-4-6-19(18)25-12-9-16-7-10-22(11-8-16)26-20(23)13-17-14-27-15-21-17/h3-6,14-16H,2,7-13H2,1H3. The summed E-state index contributed by atoms with van der Waals surface area (Å²) in [4.78, 5) is 21.5. The van der Waals surface area contributed by atoms with E-state index in [9.17, 15) is 4.79 Å². The molecule has 0 saturated carbocycles. The minimum atomic E-state index is -0.241. The van der Waals surface area contributed by atoms with Gasteiger partial charge in [-0.25, -0.2) is 9.78 Å². The van der Waals surface area contributed by atoms with E-state index in [1.165, 1.54) is 11.3 Å². The Hall–Kier alpha value is -2.12. The number of benzene rings is 1. The molecule has 0 spiro atoms. The number of hydroxylamine groups is 2. The van der Waals surface area contributed by atoms with Crippen molar-refractivity contribution in [3.8, 4) is 11.5 Å². The molecular weight excluding hydrogens is 364 g/mol. The lowest BCUT2D eigenvalue weighted by Crippen LogP contribution is -2.36. The quantitative estimate of drug-likeness (QED) is 0.650. The van der Waals surface area contributed by atoms with Crippen LogP contribution < -0.4 is 9.47 Å². The summed E-state index contributed by atoms with van der Waals surface area (Å²) < 4.78 is 11.5. The Morgan fingerprint density at radius 2 is 1.96 bits per heavy atom. The van der Waals surface area contributed by atoms with Crippen molar-refractivity contribution in [3.05, 3.63) is 40.8 Å². The molecule has 0 unspecified atom stereocenters. The van der Waals surface area contributed by atoms with Gasteiger partial charge in [-0.1, -0.05) is 12.1 Å². The van der Waals surface area contributed by atoms with Crippen LogP contribution in [-0.4, -0.2) is 42.3 Å². The molecule has 2 aromatic rings. The molecule has 1 aromatic heterocycles. The number of thiazole rings is 1. The van der Waals surface area contributed by atoms with E-state index in [0.717, 1.165) is 49.5 Å². The van der Waals surface area contributed by atoms with E-state index in [1.54, 1.807) is 10.6 Å². The fraction of sp³-hybridized carbons (Fsp3) is 0.500. The molecule has 0 radical (unpaired) electrons. The van der Waals surface area contributed by atoms with Crippen molar-refractivity contribution in [1.29, 1.82) is 0 Å². The summed E-state index contributed by atoms with van der Waals surface area (Å²) in [5.74, 6) is 1.93. The topological polar surface area (TPSA) is 60.9 Å². The molecule has 27 heavy (non-hydrogen) atoms. The molecule has 0 bridgehead atoms. The van der Waals surface area contributed by atoms with E-state index in [-0.39, 0.29) is 12.4 Å². The van der Waals surface area contributed by atoms with Crippen LogP contribution in [-0.2, 0) is 16.1 Å². The van der Waals surface area contributed by atoms with Gasteiger partial charge in [-0.2, -0.15) is 0 Å². The lowest BCUT2D eigenvalue weighted by molar-refractivity contribution is -0.196. The SMILES string of the molecule is CCOc1ccccc1OCCC1CCN(OC(=O)Cc2cscn2)CC1. The Labute approximate surface area is 164 Å². The zero-order chi connectivity index (χ0) is 18.9. The highest BCUT2D eigenvalue weighted by Gasteiger charge is 2.22. The number of ether oxygens (including phenoxy) is 2. The lowest BCUT2D eigenvalue weighted by Gasteiger charge is -2.30. The maximum absolute atomic E-state index is 11.9. The Balaban J connectivity index is 1.34. The van der Waals surface area contributed by atoms with Crippen LogP contribution in [0.3, 0.4) is 0 Å². The van der Waals surface area contributed by atoms with Crippen LogP contribution in [0.15, 0.2) is 35.2 Å². The van der Waals surface area contributed by atoms with E-state index in [4.69, 9.17) is 14.3 Å². The third kappa shape index (κ3) is 6.22. The third-order valence-electron chi connectivity index (χ3n) is 4.55. The smallest absolute Gasteiger partial charge is 0.331 e. The first kappa shape index (κ1) is 19.6. The molecule has 1 aliphatic heterocycles. The van der Waals surface area contributed by atoms with Crippen LogP contribution in [0.2, 0.25) is 0 Å². The normalized spacial score (nSPS) is 15.4. The van der Waals surface area contributed by atoms with E-state index in [2.05, 4.69) is 4.98 Å². The largest absolute Gasteiger partial charge is 0.490 e. The fourth-order valence-electron chi connectivity index (χ4n) is 3.12. The molecule has 146 valence electrons. The van der Waals surface area contributed by atoms with Crippen LogP contribution in [0.4, 0.5) is 0 Å². The van der Waals surface area contributed by atoms with E-state index in [1.807, 2.05) is 36.6 Å². The molecule has 1 saturated heterocycles. The van der Waals surface area contributed by atoms with Crippen molar-refractivity contribution in [2.75, 3.05) is 26.3 Å². The van der Waals surface area contributed by atoms with Gasteiger partial charge in [0.1, 0.15) is 0 Å². The molecule has 6 nitrogen and oxygen atoms in total. The zero-order valence-corrected chi connectivity index (χ0v) is 16.5. The number of rotatable bonds is 9. The van der Waals surface area contributed by atoms with Crippen molar-refractivity contribution in [1.82, 2.24) is 10.0 Å². The highest BCUT2D eigenvalue weighted by Crippen LogP contribution is 2.27. The maximum Gasteiger partial charge on any atom is 0.331 e. The van der Waals surface area contributed by atoms with Crippen LogP contribution in [0, 0.1) is 5.92 Å². The molecule has 7 heteroatoms. The second-order valence-corrected chi connectivity index (χ2v) is 7.23. The second kappa shape index (κ2) is 10.3. The lowest BCUT2D eigenvalue weighted by atomic mass is 9.95. The summed E-state index contributed by atoms with van der Waals surface area (Å²) >= 11 is 1.49. The summed E-state index contributed by atoms with van der Waals surface area (Å²) in [5.41, 5.74) is 2.49. The first-order chi connectivity index (χ1) is 13.2. The number of nitrogens with zero attached hydrogens (tertiary/aromatic N) is 2. The predicted molar refractivity (Wildman–Crippen MR) is 104 cm³/mol. The highest BCUT2D eigenvalue weighted by molar-refractivity contribution is 7.07. The van der Waals surface area contributed by atoms with Gasteiger partial charge in [0.2, 0.25) is 0 Å². The first-order valence-electron chi connectivity index (χ1n) is 9.42. The number of para-hydroxylation sites is 2. The molecule has 0 N–H and O–H groups in total. The first-order valence-corrected chi connectivity index (χ1v) is 10.4. The molecule has 1 fully saturated rings. The Kier molecular flexibility index (Phi) is 7.47.